The predicted molar refractivity (Wildman–Crippen MR) is 55.3 cm³/mol. The smallest absolute Gasteiger partial charge is 0.0698 e. The Balaban J connectivity index is 2.77. The summed E-state index contributed by atoms with van der Waals surface area (Å²) in [6.45, 7) is 4.39. The molecule has 0 N–H and O–H groups in total. The molecular formula is C12H13N. The first-order valence-electron chi connectivity index (χ1n) is 4.51. The van der Waals surface area contributed by atoms with Crippen LogP contribution < -0.4 is 10.6 Å². The van der Waals surface area contributed by atoms with E-state index in [1.54, 1.807) is 0 Å². The highest BCUT2D eigenvalue weighted by atomic mass is 14.6. The van der Waals surface area contributed by atoms with Crippen LogP contribution in [0.15, 0.2) is 30.5 Å². The maximum Gasteiger partial charge on any atom is 0.0698 e. The van der Waals surface area contributed by atoms with Gasteiger partial charge in [-0.1, -0.05) is 38.1 Å². The Hall–Kier alpha value is -1.37. The number of allylic oxidation sites excluding steroid dienone is 2. The third-order valence-electron chi connectivity index (χ3n) is 2.18. The molecule has 0 saturated heterocycles. The number of fused-ring (bicyclic) bond motifs is 1. The highest BCUT2D eigenvalue weighted by molar-refractivity contribution is 5.46. The lowest BCUT2D eigenvalue weighted by Gasteiger charge is -2.12. The summed E-state index contributed by atoms with van der Waals surface area (Å²) in [5.74, 6) is 0. The quantitative estimate of drug-likeness (QED) is 0.572. The standard InChI is InChI=1S/C12H13N/c1-12(2)7-3-6-11-10(9-12)5-4-8-13-11/h3-9H,1-2H3. The van der Waals surface area contributed by atoms with Crippen LogP contribution in [0.25, 0.3) is 12.2 Å². The Morgan fingerprint density at radius 2 is 2.15 bits per heavy atom. The molecule has 1 heteroatoms. The molecule has 0 unspecified atom stereocenters. The predicted octanol–water partition coefficient (Wildman–Crippen LogP) is 1.24. The largest absolute Gasteiger partial charge is 0.256 e. The number of hydrogen-bond donors (Lipinski definition) is 0. The first-order valence-corrected chi connectivity index (χ1v) is 4.51. The van der Waals surface area contributed by atoms with E-state index in [-0.39, 0.29) is 5.41 Å². The fourth-order valence-corrected chi connectivity index (χ4v) is 1.53. The van der Waals surface area contributed by atoms with E-state index in [9.17, 15) is 0 Å². The molecule has 0 radical (unpaired) electrons. The lowest BCUT2D eigenvalue weighted by Crippen LogP contribution is -2.28. The molecule has 13 heavy (non-hydrogen) atoms. The summed E-state index contributed by atoms with van der Waals surface area (Å²) < 4.78 is 0. The summed E-state index contributed by atoms with van der Waals surface area (Å²) in [4.78, 5) is 4.31. The Morgan fingerprint density at radius 1 is 1.31 bits per heavy atom. The van der Waals surface area contributed by atoms with Crippen molar-refractivity contribution in [2.24, 2.45) is 5.41 Å². The Kier molecular flexibility index (Phi) is 1.80. The monoisotopic (exact) mass is 171 g/mol. The molecule has 1 heterocycles. The van der Waals surface area contributed by atoms with Crippen LogP contribution in [0.1, 0.15) is 13.8 Å². The molecule has 0 fully saturated rings. The van der Waals surface area contributed by atoms with E-state index in [1.807, 2.05) is 12.3 Å². The SMILES string of the molecule is CC1(C)C=CC=c2ncccc2=C1. The van der Waals surface area contributed by atoms with Crippen molar-refractivity contribution < 1.29 is 0 Å². The molecule has 1 aliphatic rings. The molecule has 0 saturated carbocycles. The zero-order valence-electron chi connectivity index (χ0n) is 7.99. The van der Waals surface area contributed by atoms with E-state index in [1.165, 1.54) is 5.22 Å². The zero-order chi connectivity index (χ0) is 9.31. The summed E-state index contributed by atoms with van der Waals surface area (Å²) in [7, 11) is 0. The van der Waals surface area contributed by atoms with Gasteiger partial charge >= 0.3 is 0 Å². The van der Waals surface area contributed by atoms with Gasteiger partial charge in [0.2, 0.25) is 0 Å². The van der Waals surface area contributed by atoms with Gasteiger partial charge in [0.15, 0.2) is 0 Å². The first-order chi connectivity index (χ1) is 6.17. The van der Waals surface area contributed by atoms with Gasteiger partial charge < -0.3 is 0 Å². The number of rotatable bonds is 0. The summed E-state index contributed by atoms with van der Waals surface area (Å²) in [5.41, 5.74) is 0.130. The Labute approximate surface area is 78.1 Å². The minimum Gasteiger partial charge on any atom is -0.256 e. The van der Waals surface area contributed by atoms with Gasteiger partial charge in [0.1, 0.15) is 0 Å². The summed E-state index contributed by atoms with van der Waals surface area (Å²) in [6.07, 6.45) is 10.4. The van der Waals surface area contributed by atoms with Crippen molar-refractivity contribution in [1.82, 2.24) is 4.98 Å². The van der Waals surface area contributed by atoms with E-state index < -0.39 is 0 Å². The van der Waals surface area contributed by atoms with Crippen LogP contribution in [0.3, 0.4) is 0 Å². The Morgan fingerprint density at radius 3 is 3.00 bits per heavy atom. The molecule has 0 bridgehead atoms. The van der Waals surface area contributed by atoms with Gasteiger partial charge in [-0.3, -0.25) is 4.98 Å². The highest BCUT2D eigenvalue weighted by Crippen LogP contribution is 2.19. The molecular weight excluding hydrogens is 158 g/mol. The van der Waals surface area contributed by atoms with Crippen molar-refractivity contribution in [3.8, 4) is 0 Å². The normalized spacial score (nSPS) is 18.0. The van der Waals surface area contributed by atoms with Crippen molar-refractivity contribution in [1.29, 1.82) is 0 Å². The van der Waals surface area contributed by atoms with Crippen LogP contribution in [0, 0.1) is 5.41 Å². The molecule has 0 amide bonds. The zero-order valence-corrected chi connectivity index (χ0v) is 7.99. The topological polar surface area (TPSA) is 12.9 Å². The molecule has 0 aromatic carbocycles. The van der Waals surface area contributed by atoms with Gasteiger partial charge in [0.05, 0.1) is 5.35 Å². The lowest BCUT2D eigenvalue weighted by atomic mass is 9.92. The van der Waals surface area contributed by atoms with E-state index in [0.29, 0.717) is 0 Å². The van der Waals surface area contributed by atoms with Gasteiger partial charge in [-0.15, -0.1) is 0 Å². The van der Waals surface area contributed by atoms with Crippen LogP contribution in [0.4, 0.5) is 0 Å². The maximum atomic E-state index is 4.31. The third-order valence-corrected chi connectivity index (χ3v) is 2.18. The van der Waals surface area contributed by atoms with Gasteiger partial charge in [-0.05, 0) is 17.4 Å². The summed E-state index contributed by atoms with van der Waals surface area (Å²) in [6, 6.07) is 4.08. The van der Waals surface area contributed by atoms with Gasteiger partial charge in [0.25, 0.3) is 0 Å². The second-order valence-electron chi connectivity index (χ2n) is 3.97. The van der Waals surface area contributed by atoms with Crippen LogP contribution in [0.2, 0.25) is 0 Å². The molecule has 0 aliphatic heterocycles. The molecule has 0 atom stereocenters. The van der Waals surface area contributed by atoms with Crippen molar-refractivity contribution >= 4 is 12.2 Å². The number of nitrogens with zero attached hydrogens (tertiary/aromatic N) is 1. The number of pyridine rings is 1. The summed E-state index contributed by atoms with van der Waals surface area (Å²) in [5, 5.41) is 2.28. The minimum absolute atomic E-state index is 0.130. The molecule has 66 valence electrons. The molecule has 1 aliphatic carbocycles. The van der Waals surface area contributed by atoms with E-state index >= 15 is 0 Å². The van der Waals surface area contributed by atoms with Gasteiger partial charge in [-0.2, -0.15) is 0 Å². The Bertz CT molecular complexity index is 452. The number of hydrogen-bond acceptors (Lipinski definition) is 1. The van der Waals surface area contributed by atoms with E-state index in [2.05, 4.69) is 49.2 Å². The van der Waals surface area contributed by atoms with E-state index in [4.69, 9.17) is 0 Å². The molecule has 1 nitrogen and oxygen atoms in total. The molecule has 1 aromatic heterocycles. The number of aromatic nitrogens is 1. The van der Waals surface area contributed by atoms with Crippen molar-refractivity contribution in [3.63, 3.8) is 0 Å². The molecule has 2 rings (SSSR count). The second kappa shape index (κ2) is 2.84. The average molecular weight is 171 g/mol. The van der Waals surface area contributed by atoms with Crippen LogP contribution in [-0.4, -0.2) is 4.98 Å². The lowest BCUT2D eigenvalue weighted by molar-refractivity contribution is 0.670. The highest BCUT2D eigenvalue weighted by Gasteiger charge is 2.09. The van der Waals surface area contributed by atoms with Crippen LogP contribution in [0.5, 0.6) is 0 Å². The third kappa shape index (κ3) is 1.69. The van der Waals surface area contributed by atoms with Crippen molar-refractivity contribution in [2.45, 2.75) is 13.8 Å². The average Bonchev–Trinajstić information content (AvgIpc) is 2.21. The van der Waals surface area contributed by atoms with Gasteiger partial charge in [0, 0.05) is 11.6 Å². The fraction of sp³-hybridized carbons (Fsp3) is 0.250. The summed E-state index contributed by atoms with van der Waals surface area (Å²) >= 11 is 0. The maximum absolute atomic E-state index is 4.31. The first kappa shape index (κ1) is 8.24. The van der Waals surface area contributed by atoms with Gasteiger partial charge in [-0.25, -0.2) is 0 Å². The van der Waals surface area contributed by atoms with Crippen LogP contribution in [-0.2, 0) is 0 Å². The fourth-order valence-electron chi connectivity index (χ4n) is 1.53. The minimum atomic E-state index is 0.130. The van der Waals surface area contributed by atoms with Crippen molar-refractivity contribution in [3.05, 3.63) is 41.0 Å². The van der Waals surface area contributed by atoms with Crippen molar-refractivity contribution in [2.75, 3.05) is 0 Å². The molecule has 0 spiro atoms. The molecule has 1 aromatic rings. The van der Waals surface area contributed by atoms with Crippen LogP contribution >= 0.6 is 0 Å². The second-order valence-corrected chi connectivity index (χ2v) is 3.97. The van der Waals surface area contributed by atoms with E-state index in [0.717, 1.165) is 5.35 Å².